The van der Waals surface area contributed by atoms with Gasteiger partial charge in [-0.2, -0.15) is 0 Å². The Morgan fingerprint density at radius 2 is 2.11 bits per heavy atom. The van der Waals surface area contributed by atoms with Crippen molar-refractivity contribution >= 4 is 28.8 Å². The predicted octanol–water partition coefficient (Wildman–Crippen LogP) is 4.34. The van der Waals surface area contributed by atoms with Gasteiger partial charge in [-0.05, 0) is 43.7 Å². The Morgan fingerprint density at radius 1 is 1.37 bits per heavy atom. The summed E-state index contributed by atoms with van der Waals surface area (Å²) < 4.78 is 13.9. The lowest BCUT2D eigenvalue weighted by atomic mass is 10.1. The number of thiophene rings is 1. The molecule has 1 amide bonds. The maximum atomic E-state index is 13.2. The van der Waals surface area contributed by atoms with Gasteiger partial charge in [0, 0.05) is 10.4 Å². The molecule has 1 N–H and O–H groups in total. The van der Waals surface area contributed by atoms with E-state index in [0.29, 0.717) is 9.90 Å². The van der Waals surface area contributed by atoms with Crippen LogP contribution >= 0.6 is 22.9 Å². The summed E-state index contributed by atoms with van der Waals surface area (Å²) in [5.41, 5.74) is 1.10. The van der Waals surface area contributed by atoms with Gasteiger partial charge in [-0.1, -0.05) is 17.7 Å². The van der Waals surface area contributed by atoms with Crippen LogP contribution in [0.2, 0.25) is 4.34 Å². The van der Waals surface area contributed by atoms with E-state index in [4.69, 9.17) is 11.6 Å². The van der Waals surface area contributed by atoms with Crippen LogP contribution in [0.5, 0.6) is 0 Å². The third-order valence-electron chi connectivity index (χ3n) is 2.81. The molecule has 0 bridgehead atoms. The molecule has 5 heteroatoms. The Bertz CT molecular complexity index is 611. The van der Waals surface area contributed by atoms with Crippen molar-refractivity contribution in [3.63, 3.8) is 0 Å². The second-order valence-corrected chi connectivity index (χ2v) is 6.04. The highest BCUT2D eigenvalue weighted by Gasteiger charge is 2.15. The van der Waals surface area contributed by atoms with Gasteiger partial charge in [0.2, 0.25) is 0 Å². The maximum absolute atomic E-state index is 13.2. The van der Waals surface area contributed by atoms with Crippen molar-refractivity contribution in [2.75, 3.05) is 0 Å². The summed E-state index contributed by atoms with van der Waals surface area (Å²) in [6.45, 7) is 3.65. The number of amides is 1. The van der Waals surface area contributed by atoms with Gasteiger partial charge in [0.05, 0.1) is 10.4 Å². The quantitative estimate of drug-likeness (QED) is 0.897. The number of rotatable bonds is 3. The highest BCUT2D eigenvalue weighted by molar-refractivity contribution is 7.16. The first-order valence-electron chi connectivity index (χ1n) is 5.79. The van der Waals surface area contributed by atoms with E-state index in [1.54, 1.807) is 19.1 Å². The lowest BCUT2D eigenvalue weighted by molar-refractivity contribution is 0.0939. The van der Waals surface area contributed by atoms with Gasteiger partial charge in [0.1, 0.15) is 5.82 Å². The van der Waals surface area contributed by atoms with E-state index in [1.807, 2.05) is 13.0 Å². The highest BCUT2D eigenvalue weighted by Crippen LogP contribution is 2.27. The van der Waals surface area contributed by atoms with E-state index < -0.39 is 5.82 Å². The van der Waals surface area contributed by atoms with Crippen LogP contribution in [0, 0.1) is 12.7 Å². The molecule has 0 aliphatic rings. The molecule has 100 valence electrons. The fourth-order valence-corrected chi connectivity index (χ4v) is 2.81. The maximum Gasteiger partial charge on any atom is 0.252 e. The molecule has 1 atom stereocenters. The fraction of sp³-hybridized carbons (Fsp3) is 0.214. The van der Waals surface area contributed by atoms with Crippen molar-refractivity contribution in [1.29, 1.82) is 0 Å². The van der Waals surface area contributed by atoms with E-state index in [9.17, 15) is 9.18 Å². The second-order valence-electron chi connectivity index (χ2n) is 4.30. The number of hydrogen-bond donors (Lipinski definition) is 1. The number of nitrogens with one attached hydrogen (secondary N) is 1. The van der Waals surface area contributed by atoms with Crippen molar-refractivity contribution < 1.29 is 9.18 Å². The van der Waals surface area contributed by atoms with Crippen molar-refractivity contribution in [3.05, 3.63) is 56.5 Å². The minimum absolute atomic E-state index is 0.160. The van der Waals surface area contributed by atoms with Crippen molar-refractivity contribution in [1.82, 2.24) is 5.32 Å². The van der Waals surface area contributed by atoms with Crippen LogP contribution in [0.3, 0.4) is 0 Å². The van der Waals surface area contributed by atoms with Gasteiger partial charge in [-0.15, -0.1) is 11.3 Å². The Morgan fingerprint density at radius 3 is 2.74 bits per heavy atom. The molecule has 19 heavy (non-hydrogen) atoms. The van der Waals surface area contributed by atoms with Crippen LogP contribution in [0.1, 0.15) is 33.8 Å². The van der Waals surface area contributed by atoms with E-state index in [0.717, 1.165) is 10.4 Å². The monoisotopic (exact) mass is 297 g/mol. The molecule has 1 aromatic carbocycles. The summed E-state index contributed by atoms with van der Waals surface area (Å²) >= 11 is 7.28. The molecule has 0 aliphatic heterocycles. The molecule has 2 aromatic rings. The van der Waals surface area contributed by atoms with E-state index >= 15 is 0 Å². The first-order chi connectivity index (χ1) is 8.97. The van der Waals surface area contributed by atoms with E-state index in [1.165, 1.54) is 23.5 Å². The lowest BCUT2D eigenvalue weighted by Crippen LogP contribution is -2.26. The molecule has 1 aromatic heterocycles. The van der Waals surface area contributed by atoms with Crippen LogP contribution in [0.4, 0.5) is 4.39 Å². The molecule has 1 heterocycles. The highest BCUT2D eigenvalue weighted by atomic mass is 35.5. The molecule has 1 unspecified atom stereocenters. The van der Waals surface area contributed by atoms with Crippen LogP contribution in [0.25, 0.3) is 0 Å². The molecular weight excluding hydrogens is 285 g/mol. The Hall–Kier alpha value is -1.39. The van der Waals surface area contributed by atoms with Crippen molar-refractivity contribution in [2.24, 2.45) is 0 Å². The molecule has 0 aliphatic carbocycles. The standard InChI is InChI=1S/C14H13ClFNOS/c1-8-3-4-10(16)7-11(8)14(18)17-9(2)12-5-6-13(15)19-12/h3-7,9H,1-2H3,(H,17,18). The number of halogens is 2. The summed E-state index contributed by atoms with van der Waals surface area (Å²) in [6.07, 6.45) is 0. The van der Waals surface area contributed by atoms with Gasteiger partial charge in [-0.3, -0.25) is 4.79 Å². The number of hydrogen-bond acceptors (Lipinski definition) is 2. The molecule has 2 nitrogen and oxygen atoms in total. The average Bonchev–Trinajstić information content (AvgIpc) is 2.79. The number of benzene rings is 1. The van der Waals surface area contributed by atoms with Crippen LogP contribution < -0.4 is 5.32 Å². The summed E-state index contributed by atoms with van der Waals surface area (Å²) in [7, 11) is 0. The average molecular weight is 298 g/mol. The zero-order chi connectivity index (χ0) is 14.0. The topological polar surface area (TPSA) is 29.1 Å². The minimum Gasteiger partial charge on any atom is -0.345 e. The van der Waals surface area contributed by atoms with Crippen molar-refractivity contribution in [2.45, 2.75) is 19.9 Å². The minimum atomic E-state index is -0.414. The largest absolute Gasteiger partial charge is 0.345 e. The van der Waals surface area contributed by atoms with Gasteiger partial charge in [-0.25, -0.2) is 4.39 Å². The zero-order valence-corrected chi connectivity index (χ0v) is 12.1. The smallest absolute Gasteiger partial charge is 0.252 e. The van der Waals surface area contributed by atoms with E-state index in [2.05, 4.69) is 5.32 Å². The second kappa shape index (κ2) is 5.72. The summed E-state index contributed by atoms with van der Waals surface area (Å²) in [5.74, 6) is -0.698. The normalized spacial score (nSPS) is 12.2. The van der Waals surface area contributed by atoms with Crippen molar-refractivity contribution in [3.8, 4) is 0 Å². The van der Waals surface area contributed by atoms with Gasteiger partial charge in [0.15, 0.2) is 0 Å². The molecule has 2 rings (SSSR count). The van der Waals surface area contributed by atoms with Crippen LogP contribution in [-0.2, 0) is 0 Å². The van der Waals surface area contributed by atoms with Crippen LogP contribution in [-0.4, -0.2) is 5.91 Å². The molecule has 0 spiro atoms. The molecule has 0 saturated heterocycles. The number of carbonyl (C=O) groups is 1. The lowest BCUT2D eigenvalue weighted by Gasteiger charge is -2.13. The fourth-order valence-electron chi connectivity index (χ4n) is 1.75. The van der Waals surface area contributed by atoms with Gasteiger partial charge in [0.25, 0.3) is 5.91 Å². The summed E-state index contributed by atoms with van der Waals surface area (Å²) in [4.78, 5) is 13.1. The molecule has 0 saturated carbocycles. The summed E-state index contributed by atoms with van der Waals surface area (Å²) in [6, 6.07) is 7.69. The Kier molecular flexibility index (Phi) is 4.22. The molecule has 0 fully saturated rings. The molecule has 0 radical (unpaired) electrons. The first kappa shape index (κ1) is 14.0. The Balaban J connectivity index is 2.15. The van der Waals surface area contributed by atoms with Gasteiger partial charge < -0.3 is 5.32 Å². The summed E-state index contributed by atoms with van der Waals surface area (Å²) in [5, 5.41) is 2.84. The zero-order valence-electron chi connectivity index (χ0n) is 10.5. The third-order valence-corrected chi connectivity index (χ3v) is 4.23. The Labute approximate surface area is 120 Å². The SMILES string of the molecule is Cc1ccc(F)cc1C(=O)NC(C)c1ccc(Cl)s1. The first-order valence-corrected chi connectivity index (χ1v) is 6.99. The molecular formula is C14H13ClFNOS. The predicted molar refractivity (Wildman–Crippen MR) is 76.3 cm³/mol. The van der Waals surface area contributed by atoms with E-state index in [-0.39, 0.29) is 11.9 Å². The van der Waals surface area contributed by atoms with Gasteiger partial charge >= 0.3 is 0 Å². The third kappa shape index (κ3) is 3.33. The number of aryl methyl sites for hydroxylation is 1. The number of carbonyl (C=O) groups excluding carboxylic acids is 1. The van der Waals surface area contributed by atoms with Crippen LogP contribution in [0.15, 0.2) is 30.3 Å².